The molecule has 1 atom stereocenters. The van der Waals surface area contributed by atoms with Gasteiger partial charge in [-0.25, -0.2) is 4.98 Å². The highest BCUT2D eigenvalue weighted by molar-refractivity contribution is 6.03. The summed E-state index contributed by atoms with van der Waals surface area (Å²) in [6.07, 6.45) is 2.80. The molecule has 0 bridgehead atoms. The van der Waals surface area contributed by atoms with E-state index in [1.807, 2.05) is 59.2 Å². The van der Waals surface area contributed by atoms with Gasteiger partial charge in [0.15, 0.2) is 0 Å². The van der Waals surface area contributed by atoms with E-state index in [0.717, 1.165) is 30.3 Å². The lowest BCUT2D eigenvalue weighted by molar-refractivity contribution is -0.127. The molecule has 1 aliphatic rings. The van der Waals surface area contributed by atoms with Crippen LogP contribution in [-0.2, 0) is 16.0 Å². The van der Waals surface area contributed by atoms with Crippen molar-refractivity contribution in [1.29, 1.82) is 0 Å². The van der Waals surface area contributed by atoms with Crippen LogP contribution >= 0.6 is 0 Å². The van der Waals surface area contributed by atoms with Crippen LogP contribution in [0.15, 0.2) is 54.6 Å². The zero-order valence-electron chi connectivity index (χ0n) is 16.7. The van der Waals surface area contributed by atoms with Gasteiger partial charge in [-0.05, 0) is 30.5 Å². The molecule has 0 radical (unpaired) electrons. The van der Waals surface area contributed by atoms with E-state index < -0.39 is 6.04 Å². The Bertz CT molecular complexity index is 1010. The predicted molar refractivity (Wildman–Crippen MR) is 114 cm³/mol. The molecule has 29 heavy (non-hydrogen) atoms. The number of fused-ring (bicyclic) bond motifs is 3. The quantitative estimate of drug-likeness (QED) is 0.640. The Hall–Kier alpha value is -3.15. The summed E-state index contributed by atoms with van der Waals surface area (Å²) in [6, 6.07) is 17.3. The van der Waals surface area contributed by atoms with Crippen LogP contribution in [0.1, 0.15) is 37.8 Å². The largest absolute Gasteiger partial charge is 0.356 e. The first kappa shape index (κ1) is 19.2. The molecule has 0 spiro atoms. The molecule has 0 fully saturated rings. The minimum atomic E-state index is -0.536. The van der Waals surface area contributed by atoms with Gasteiger partial charge in [0.2, 0.25) is 11.9 Å². The average Bonchev–Trinajstić information content (AvgIpc) is 3.22. The van der Waals surface area contributed by atoms with Crippen molar-refractivity contribution >= 4 is 28.8 Å². The molecular formula is C23H26N4O2. The summed E-state index contributed by atoms with van der Waals surface area (Å²) in [4.78, 5) is 32.1. The number of carbonyl (C=O) groups excluding carboxylic acids is 2. The first-order chi connectivity index (χ1) is 14.2. The average molecular weight is 390 g/mol. The minimum absolute atomic E-state index is 0.0371. The lowest BCUT2D eigenvalue weighted by Gasteiger charge is -2.15. The number of para-hydroxylation sites is 2. The molecule has 2 aromatic carbocycles. The smallest absolute Gasteiger partial charge is 0.253 e. The van der Waals surface area contributed by atoms with Crippen LogP contribution in [0.4, 0.5) is 5.95 Å². The second kappa shape index (κ2) is 8.47. The summed E-state index contributed by atoms with van der Waals surface area (Å²) >= 11 is 0. The zero-order chi connectivity index (χ0) is 20.2. The Morgan fingerprint density at radius 1 is 1.10 bits per heavy atom. The van der Waals surface area contributed by atoms with Crippen LogP contribution in [0.2, 0.25) is 0 Å². The van der Waals surface area contributed by atoms with Crippen LogP contribution in [0.5, 0.6) is 0 Å². The van der Waals surface area contributed by atoms with Crippen LogP contribution in [0, 0.1) is 0 Å². The van der Waals surface area contributed by atoms with E-state index in [1.165, 1.54) is 5.56 Å². The third-order valence-electron chi connectivity index (χ3n) is 5.37. The van der Waals surface area contributed by atoms with Crippen molar-refractivity contribution in [2.24, 2.45) is 0 Å². The molecule has 0 saturated carbocycles. The Kier molecular flexibility index (Phi) is 5.60. The predicted octanol–water partition coefficient (Wildman–Crippen LogP) is 3.47. The maximum Gasteiger partial charge on any atom is 0.253 e. The molecule has 1 N–H and O–H groups in total. The van der Waals surface area contributed by atoms with Crippen molar-refractivity contribution in [2.45, 2.75) is 38.6 Å². The number of carbonyl (C=O) groups is 2. The van der Waals surface area contributed by atoms with Gasteiger partial charge in [0.25, 0.3) is 5.91 Å². The summed E-state index contributed by atoms with van der Waals surface area (Å²) in [5.41, 5.74) is 2.93. The Morgan fingerprint density at radius 2 is 1.86 bits per heavy atom. The molecule has 0 unspecified atom stereocenters. The van der Waals surface area contributed by atoms with E-state index in [-0.39, 0.29) is 18.2 Å². The highest BCUT2D eigenvalue weighted by Crippen LogP contribution is 2.36. The summed E-state index contributed by atoms with van der Waals surface area (Å²) in [7, 11) is 0. The normalized spacial score (nSPS) is 15.7. The molecule has 2 amide bonds. The molecule has 3 aromatic rings. The first-order valence-corrected chi connectivity index (χ1v) is 10.3. The number of benzene rings is 2. The fourth-order valence-electron chi connectivity index (χ4n) is 3.86. The molecule has 0 aliphatic carbocycles. The van der Waals surface area contributed by atoms with Crippen LogP contribution in [0.3, 0.4) is 0 Å². The monoisotopic (exact) mass is 390 g/mol. The Balaban J connectivity index is 1.49. The second-order valence-corrected chi connectivity index (χ2v) is 7.42. The van der Waals surface area contributed by atoms with Gasteiger partial charge in [0.05, 0.1) is 17.5 Å². The standard InChI is InChI=1S/C23H26N4O2/c1-2-3-15-26-22(29)20(27-19-12-8-7-11-18(19)25-23(26)27)16-21(28)24-14-13-17-9-5-4-6-10-17/h4-12,20H,2-3,13-16H2,1H3,(H,24,28)/t20-/m0/s1. The molecular weight excluding hydrogens is 364 g/mol. The number of rotatable bonds is 8. The summed E-state index contributed by atoms with van der Waals surface area (Å²) < 4.78 is 1.93. The second-order valence-electron chi connectivity index (χ2n) is 7.42. The fourth-order valence-corrected chi connectivity index (χ4v) is 3.86. The first-order valence-electron chi connectivity index (χ1n) is 10.3. The van der Waals surface area contributed by atoms with E-state index in [1.54, 1.807) is 4.90 Å². The molecule has 6 nitrogen and oxygen atoms in total. The van der Waals surface area contributed by atoms with Crippen molar-refractivity contribution < 1.29 is 9.59 Å². The van der Waals surface area contributed by atoms with E-state index in [4.69, 9.17) is 0 Å². The fraction of sp³-hybridized carbons (Fsp3) is 0.348. The third-order valence-corrected chi connectivity index (χ3v) is 5.37. The summed E-state index contributed by atoms with van der Waals surface area (Å²) in [5, 5.41) is 2.96. The highest BCUT2D eigenvalue weighted by Gasteiger charge is 2.40. The number of aromatic nitrogens is 2. The number of amides is 2. The highest BCUT2D eigenvalue weighted by atomic mass is 16.2. The van der Waals surface area contributed by atoms with Crippen LogP contribution in [-0.4, -0.2) is 34.5 Å². The third kappa shape index (κ3) is 3.88. The van der Waals surface area contributed by atoms with E-state index in [0.29, 0.717) is 19.0 Å². The van der Waals surface area contributed by atoms with E-state index >= 15 is 0 Å². The summed E-state index contributed by atoms with van der Waals surface area (Å²) in [5.74, 6) is 0.511. The maximum atomic E-state index is 13.1. The van der Waals surface area contributed by atoms with Gasteiger partial charge in [-0.2, -0.15) is 0 Å². The van der Waals surface area contributed by atoms with Gasteiger partial charge in [-0.15, -0.1) is 0 Å². The van der Waals surface area contributed by atoms with E-state index in [2.05, 4.69) is 17.2 Å². The molecule has 4 rings (SSSR count). The topological polar surface area (TPSA) is 67.2 Å². The van der Waals surface area contributed by atoms with E-state index in [9.17, 15) is 9.59 Å². The number of hydrogen-bond donors (Lipinski definition) is 1. The van der Waals surface area contributed by atoms with Gasteiger partial charge < -0.3 is 5.32 Å². The minimum Gasteiger partial charge on any atom is -0.356 e. The number of hydrogen-bond acceptors (Lipinski definition) is 3. The summed E-state index contributed by atoms with van der Waals surface area (Å²) in [6.45, 7) is 3.28. The maximum absolute atomic E-state index is 13.1. The van der Waals surface area contributed by atoms with Crippen molar-refractivity contribution in [3.8, 4) is 0 Å². The molecule has 150 valence electrons. The number of imidazole rings is 1. The number of nitrogens with zero attached hydrogens (tertiary/aromatic N) is 3. The van der Waals surface area contributed by atoms with Gasteiger partial charge in [-0.1, -0.05) is 55.8 Å². The van der Waals surface area contributed by atoms with Crippen molar-refractivity contribution in [2.75, 3.05) is 18.0 Å². The SMILES string of the molecule is CCCCN1C(=O)[C@H](CC(=O)NCCc2ccccc2)n2c1nc1ccccc12. The van der Waals surface area contributed by atoms with Crippen molar-refractivity contribution in [3.63, 3.8) is 0 Å². The number of nitrogens with one attached hydrogen (secondary N) is 1. The van der Waals surface area contributed by atoms with Crippen molar-refractivity contribution in [3.05, 3.63) is 60.2 Å². The molecule has 0 saturated heterocycles. The molecule has 1 aliphatic heterocycles. The lowest BCUT2D eigenvalue weighted by Crippen LogP contribution is -2.34. The van der Waals surface area contributed by atoms with Gasteiger partial charge in [-0.3, -0.25) is 19.1 Å². The number of anilines is 1. The molecule has 6 heteroatoms. The van der Waals surface area contributed by atoms with Gasteiger partial charge in [0, 0.05) is 13.1 Å². The lowest BCUT2D eigenvalue weighted by atomic mass is 10.1. The zero-order valence-corrected chi connectivity index (χ0v) is 16.7. The Morgan fingerprint density at radius 3 is 2.66 bits per heavy atom. The van der Waals surface area contributed by atoms with Crippen LogP contribution < -0.4 is 10.2 Å². The Labute approximate surface area is 170 Å². The van der Waals surface area contributed by atoms with Crippen molar-refractivity contribution in [1.82, 2.24) is 14.9 Å². The molecule has 1 aromatic heterocycles. The molecule has 2 heterocycles. The van der Waals surface area contributed by atoms with Gasteiger partial charge >= 0.3 is 0 Å². The number of unbranched alkanes of at least 4 members (excludes halogenated alkanes) is 1. The van der Waals surface area contributed by atoms with Crippen LogP contribution in [0.25, 0.3) is 11.0 Å². The van der Waals surface area contributed by atoms with Gasteiger partial charge in [0.1, 0.15) is 6.04 Å².